The molecule has 1 aromatic rings. The van der Waals surface area contributed by atoms with Crippen LogP contribution in [0.3, 0.4) is 0 Å². The Hall–Kier alpha value is -1.07. The third-order valence-corrected chi connectivity index (χ3v) is 3.74. The molecule has 0 saturated carbocycles. The summed E-state index contributed by atoms with van der Waals surface area (Å²) < 4.78 is 0. The maximum Gasteiger partial charge on any atom is 0.348 e. The van der Waals surface area contributed by atoms with E-state index in [1.165, 1.54) is 11.3 Å². The number of carboxylic acids is 1. The lowest BCUT2D eigenvalue weighted by Crippen LogP contribution is -2.07. The normalized spacial score (nSPS) is 21.3. The lowest BCUT2D eigenvalue weighted by atomic mass is 10.1. The van der Waals surface area contributed by atoms with Crippen LogP contribution in [0, 0.1) is 0 Å². The van der Waals surface area contributed by atoms with E-state index < -0.39 is 5.97 Å². The maximum atomic E-state index is 10.8. The molecule has 1 unspecified atom stereocenters. The van der Waals surface area contributed by atoms with Crippen molar-refractivity contribution in [1.29, 1.82) is 0 Å². The SMILES string of the molecule is Nc1cc(C2CCNC2)sc1C(=O)O. The molecule has 0 radical (unpaired) electrons. The predicted octanol–water partition coefficient (Wildman–Crippen LogP) is 1.11. The van der Waals surface area contributed by atoms with Crippen molar-refractivity contribution in [2.75, 3.05) is 18.8 Å². The first-order chi connectivity index (χ1) is 6.68. The van der Waals surface area contributed by atoms with Crippen molar-refractivity contribution < 1.29 is 9.90 Å². The van der Waals surface area contributed by atoms with E-state index in [4.69, 9.17) is 10.8 Å². The van der Waals surface area contributed by atoms with Gasteiger partial charge in [0.2, 0.25) is 0 Å². The van der Waals surface area contributed by atoms with Crippen LogP contribution < -0.4 is 11.1 Å². The Morgan fingerprint density at radius 2 is 2.50 bits per heavy atom. The molecule has 2 rings (SSSR count). The van der Waals surface area contributed by atoms with Crippen LogP contribution in [0.15, 0.2) is 6.07 Å². The third-order valence-electron chi connectivity index (χ3n) is 2.44. The first kappa shape index (κ1) is 9.48. The van der Waals surface area contributed by atoms with E-state index in [2.05, 4.69) is 5.32 Å². The first-order valence-electron chi connectivity index (χ1n) is 4.51. The molecule has 0 spiro atoms. The lowest BCUT2D eigenvalue weighted by Gasteiger charge is -2.02. The number of hydrogen-bond donors (Lipinski definition) is 3. The molecular formula is C9H12N2O2S. The van der Waals surface area contributed by atoms with Crippen molar-refractivity contribution in [3.63, 3.8) is 0 Å². The Labute approximate surface area is 85.7 Å². The molecule has 4 N–H and O–H groups in total. The minimum atomic E-state index is -0.926. The van der Waals surface area contributed by atoms with Crippen LogP contribution in [0.5, 0.6) is 0 Å². The molecule has 0 bridgehead atoms. The number of carbonyl (C=O) groups is 1. The number of anilines is 1. The second kappa shape index (κ2) is 3.59. The van der Waals surface area contributed by atoms with Crippen LogP contribution in [0.1, 0.15) is 26.9 Å². The minimum Gasteiger partial charge on any atom is -0.477 e. The molecular weight excluding hydrogens is 200 g/mol. The number of rotatable bonds is 2. The van der Waals surface area contributed by atoms with Crippen LogP contribution in [0.4, 0.5) is 5.69 Å². The number of nitrogens with one attached hydrogen (secondary N) is 1. The van der Waals surface area contributed by atoms with Gasteiger partial charge in [0, 0.05) is 17.3 Å². The molecule has 1 atom stereocenters. The zero-order chi connectivity index (χ0) is 10.1. The maximum absolute atomic E-state index is 10.8. The van der Waals surface area contributed by atoms with E-state index in [1.807, 2.05) is 0 Å². The predicted molar refractivity (Wildman–Crippen MR) is 55.9 cm³/mol. The van der Waals surface area contributed by atoms with Crippen molar-refractivity contribution >= 4 is 23.0 Å². The Morgan fingerprint density at radius 1 is 1.71 bits per heavy atom. The van der Waals surface area contributed by atoms with Gasteiger partial charge in [-0.25, -0.2) is 4.79 Å². The van der Waals surface area contributed by atoms with Gasteiger partial charge in [0.25, 0.3) is 0 Å². The van der Waals surface area contributed by atoms with Crippen molar-refractivity contribution in [1.82, 2.24) is 5.32 Å². The summed E-state index contributed by atoms with van der Waals surface area (Å²) in [6.45, 7) is 1.93. The summed E-state index contributed by atoms with van der Waals surface area (Å²) in [5.41, 5.74) is 6.01. The molecule has 1 saturated heterocycles. The van der Waals surface area contributed by atoms with Gasteiger partial charge in [-0.05, 0) is 19.0 Å². The van der Waals surface area contributed by atoms with Crippen molar-refractivity contribution in [2.45, 2.75) is 12.3 Å². The average Bonchev–Trinajstić information content (AvgIpc) is 2.70. The van der Waals surface area contributed by atoms with Crippen LogP contribution in [-0.4, -0.2) is 24.2 Å². The molecule has 0 amide bonds. The fraction of sp³-hybridized carbons (Fsp3) is 0.444. The number of thiophene rings is 1. The molecule has 0 aromatic carbocycles. The zero-order valence-electron chi connectivity index (χ0n) is 7.62. The van der Waals surface area contributed by atoms with Gasteiger partial charge in [-0.1, -0.05) is 0 Å². The Bertz CT molecular complexity index is 356. The number of nitrogens with two attached hydrogens (primary N) is 1. The summed E-state index contributed by atoms with van der Waals surface area (Å²) in [5, 5.41) is 12.1. The number of hydrogen-bond acceptors (Lipinski definition) is 4. The quantitative estimate of drug-likeness (QED) is 0.686. The topological polar surface area (TPSA) is 75.3 Å². The fourth-order valence-corrected chi connectivity index (χ4v) is 2.74. The monoisotopic (exact) mass is 212 g/mol. The van der Waals surface area contributed by atoms with Gasteiger partial charge in [0.15, 0.2) is 0 Å². The van der Waals surface area contributed by atoms with Gasteiger partial charge in [0.1, 0.15) is 4.88 Å². The van der Waals surface area contributed by atoms with E-state index in [0.717, 1.165) is 24.4 Å². The summed E-state index contributed by atoms with van der Waals surface area (Å²) in [7, 11) is 0. The molecule has 0 aliphatic carbocycles. The third kappa shape index (κ3) is 1.60. The first-order valence-corrected chi connectivity index (χ1v) is 5.33. The van der Waals surface area contributed by atoms with Crippen molar-refractivity contribution in [2.24, 2.45) is 0 Å². The van der Waals surface area contributed by atoms with Gasteiger partial charge >= 0.3 is 5.97 Å². The highest BCUT2D eigenvalue weighted by atomic mass is 32.1. The largest absolute Gasteiger partial charge is 0.477 e. The second-order valence-electron chi connectivity index (χ2n) is 3.43. The fourth-order valence-electron chi connectivity index (χ4n) is 1.69. The number of nitrogen functional groups attached to an aromatic ring is 1. The van der Waals surface area contributed by atoms with Crippen molar-refractivity contribution in [3.05, 3.63) is 15.8 Å². The van der Waals surface area contributed by atoms with Gasteiger partial charge < -0.3 is 16.2 Å². The standard InChI is InChI=1S/C9H12N2O2S/c10-6-3-7(5-1-2-11-4-5)14-8(6)9(12)13/h3,5,11H,1-2,4,10H2,(H,12,13). The molecule has 1 aromatic heterocycles. The summed E-state index contributed by atoms with van der Waals surface area (Å²) in [6, 6.07) is 1.80. The smallest absolute Gasteiger partial charge is 0.348 e. The molecule has 14 heavy (non-hydrogen) atoms. The zero-order valence-corrected chi connectivity index (χ0v) is 8.43. The highest BCUT2D eigenvalue weighted by molar-refractivity contribution is 7.14. The van der Waals surface area contributed by atoms with E-state index in [-0.39, 0.29) is 4.88 Å². The number of aromatic carboxylic acids is 1. The Morgan fingerprint density at radius 3 is 3.00 bits per heavy atom. The van der Waals surface area contributed by atoms with Crippen LogP contribution in [0.25, 0.3) is 0 Å². The average molecular weight is 212 g/mol. The Kier molecular flexibility index (Phi) is 2.43. The van der Waals surface area contributed by atoms with E-state index in [9.17, 15) is 4.79 Å². The second-order valence-corrected chi connectivity index (χ2v) is 4.51. The molecule has 2 heterocycles. The molecule has 4 nitrogen and oxygen atoms in total. The van der Waals surface area contributed by atoms with Gasteiger partial charge in [0.05, 0.1) is 5.69 Å². The summed E-state index contributed by atoms with van der Waals surface area (Å²) in [5.74, 6) is -0.486. The summed E-state index contributed by atoms with van der Waals surface area (Å²) in [4.78, 5) is 12.1. The minimum absolute atomic E-state index is 0.270. The molecule has 76 valence electrons. The van der Waals surface area contributed by atoms with Gasteiger partial charge in [-0.15, -0.1) is 11.3 Å². The van der Waals surface area contributed by atoms with E-state index in [1.54, 1.807) is 6.07 Å². The van der Waals surface area contributed by atoms with Crippen LogP contribution in [-0.2, 0) is 0 Å². The van der Waals surface area contributed by atoms with E-state index >= 15 is 0 Å². The van der Waals surface area contributed by atoms with Crippen LogP contribution >= 0.6 is 11.3 Å². The summed E-state index contributed by atoms with van der Waals surface area (Å²) in [6.07, 6.45) is 1.07. The summed E-state index contributed by atoms with van der Waals surface area (Å²) >= 11 is 1.30. The van der Waals surface area contributed by atoms with Gasteiger partial charge in [-0.3, -0.25) is 0 Å². The molecule has 1 fully saturated rings. The van der Waals surface area contributed by atoms with Gasteiger partial charge in [-0.2, -0.15) is 0 Å². The molecule has 1 aliphatic rings. The highest BCUT2D eigenvalue weighted by Gasteiger charge is 2.21. The number of carboxylic acid groups (broad SMARTS) is 1. The molecule has 1 aliphatic heterocycles. The van der Waals surface area contributed by atoms with E-state index in [0.29, 0.717) is 11.6 Å². The Balaban J connectivity index is 2.27. The van der Waals surface area contributed by atoms with Crippen LogP contribution in [0.2, 0.25) is 0 Å². The molecule has 5 heteroatoms. The lowest BCUT2D eigenvalue weighted by molar-refractivity contribution is 0.0703. The van der Waals surface area contributed by atoms with Crippen molar-refractivity contribution in [3.8, 4) is 0 Å². The highest BCUT2D eigenvalue weighted by Crippen LogP contribution is 2.33.